The lowest BCUT2D eigenvalue weighted by Gasteiger charge is -2.37. The summed E-state index contributed by atoms with van der Waals surface area (Å²) in [5, 5.41) is 5.84. The van der Waals surface area contributed by atoms with Crippen LogP contribution in [-0.2, 0) is 4.79 Å². The van der Waals surface area contributed by atoms with Crippen LogP contribution in [0.1, 0.15) is 31.7 Å². The van der Waals surface area contributed by atoms with E-state index in [4.69, 9.17) is 10.8 Å². The van der Waals surface area contributed by atoms with Gasteiger partial charge in [0.2, 0.25) is 0 Å². The quantitative estimate of drug-likeness (QED) is 0.860. The number of carbonyl (C=O) groups excluding carboxylic acids is 1. The van der Waals surface area contributed by atoms with Gasteiger partial charge in [-0.2, -0.15) is 4.59 Å². The van der Waals surface area contributed by atoms with E-state index in [9.17, 15) is 4.79 Å². The van der Waals surface area contributed by atoms with Gasteiger partial charge in [0, 0.05) is 5.56 Å². The molecule has 0 aliphatic carbocycles. The first-order valence-electron chi connectivity index (χ1n) is 6.40. The summed E-state index contributed by atoms with van der Waals surface area (Å²) in [5.74, 6) is -0.311. The first kappa shape index (κ1) is 14.1. The second-order valence-corrected chi connectivity index (χ2v) is 6.38. The molecule has 2 atom stereocenters. The van der Waals surface area contributed by atoms with Crippen LogP contribution in [0.4, 0.5) is 0 Å². The van der Waals surface area contributed by atoms with E-state index in [1.165, 1.54) is 5.56 Å². The van der Waals surface area contributed by atoms with Gasteiger partial charge < -0.3 is 5.73 Å². The minimum atomic E-state index is -0.311. The fourth-order valence-electron chi connectivity index (χ4n) is 2.47. The van der Waals surface area contributed by atoms with Crippen LogP contribution in [-0.4, -0.2) is 28.1 Å². The highest BCUT2D eigenvalue weighted by atomic mass is 32.2. The molecule has 0 bridgehead atoms. The van der Waals surface area contributed by atoms with E-state index in [1.54, 1.807) is 11.8 Å². The fourth-order valence-corrected chi connectivity index (χ4v) is 3.83. The molecule has 102 valence electrons. The minimum Gasteiger partial charge on any atom is -0.365 e. The lowest BCUT2D eigenvalue weighted by atomic mass is 10.1. The molecule has 1 aliphatic heterocycles. The van der Waals surface area contributed by atoms with Gasteiger partial charge in [-0.05, 0) is 32.5 Å². The van der Waals surface area contributed by atoms with Crippen molar-refractivity contribution in [3.63, 3.8) is 0 Å². The summed E-state index contributed by atoms with van der Waals surface area (Å²) in [6, 6.07) is 10.4. The van der Waals surface area contributed by atoms with E-state index in [2.05, 4.69) is 26.0 Å². The van der Waals surface area contributed by atoms with Crippen LogP contribution in [0.3, 0.4) is 0 Å². The molecule has 0 radical (unpaired) electrons. The summed E-state index contributed by atoms with van der Waals surface area (Å²) in [6.07, 6.45) is 0. The number of thioether (sulfide) groups is 1. The molecule has 2 unspecified atom stereocenters. The summed E-state index contributed by atoms with van der Waals surface area (Å²) < 4.78 is 0.357. The maximum Gasteiger partial charge on any atom is 0.275 e. The van der Waals surface area contributed by atoms with Gasteiger partial charge in [-0.15, -0.1) is 0 Å². The molecule has 1 aromatic rings. The van der Waals surface area contributed by atoms with Crippen molar-refractivity contribution in [2.45, 2.75) is 32.2 Å². The van der Waals surface area contributed by atoms with Crippen LogP contribution >= 0.6 is 11.8 Å². The zero-order chi connectivity index (χ0) is 14.0. The Balaban J connectivity index is 2.45. The van der Waals surface area contributed by atoms with Gasteiger partial charge in [-0.25, -0.2) is 0 Å². The molecule has 4 nitrogen and oxygen atoms in total. The number of nitrogens with zero attached hydrogens (tertiary/aromatic N) is 2. The average Bonchev–Trinajstić information content (AvgIpc) is 2.67. The highest BCUT2D eigenvalue weighted by Crippen LogP contribution is 2.46. The molecule has 5 heteroatoms. The standard InChI is InChI=1S/C14H19N3OS/c1-10(2)17(9-13(15)18)14(19-11(3)16-17)12-7-5-4-6-8-12/h4-8,10,14H,9H2,1-3H3,(H-,15,18)/p+1. The van der Waals surface area contributed by atoms with Crippen LogP contribution in [0.5, 0.6) is 0 Å². The Morgan fingerprint density at radius 3 is 2.58 bits per heavy atom. The Bertz CT molecular complexity index is 501. The van der Waals surface area contributed by atoms with E-state index in [0.717, 1.165) is 5.04 Å². The fraction of sp³-hybridized carbons (Fsp3) is 0.429. The van der Waals surface area contributed by atoms with Crippen LogP contribution in [0.15, 0.2) is 35.4 Å². The highest BCUT2D eigenvalue weighted by Gasteiger charge is 2.48. The number of carbonyl (C=O) groups is 1. The van der Waals surface area contributed by atoms with E-state index in [0.29, 0.717) is 4.59 Å². The number of benzene rings is 1. The van der Waals surface area contributed by atoms with Crippen molar-refractivity contribution < 1.29 is 9.39 Å². The molecule has 0 aromatic heterocycles. The van der Waals surface area contributed by atoms with Crippen molar-refractivity contribution in [1.82, 2.24) is 0 Å². The van der Waals surface area contributed by atoms with E-state index >= 15 is 0 Å². The van der Waals surface area contributed by atoms with Crippen LogP contribution in [0.2, 0.25) is 0 Å². The normalized spacial score (nSPS) is 26.5. The third kappa shape index (κ3) is 2.67. The summed E-state index contributed by atoms with van der Waals surface area (Å²) in [5.41, 5.74) is 6.63. The van der Waals surface area contributed by atoms with Gasteiger partial charge in [0.05, 0.1) is 0 Å². The molecule has 1 aliphatic rings. The molecule has 2 N–H and O–H groups in total. The van der Waals surface area contributed by atoms with Gasteiger partial charge in [0.25, 0.3) is 5.91 Å². The molecule has 2 rings (SSSR count). The molecular weight excluding hydrogens is 258 g/mol. The van der Waals surface area contributed by atoms with Crippen LogP contribution in [0.25, 0.3) is 0 Å². The SMILES string of the molecule is CC1=N[N+](CC(N)=O)(C(C)C)C(c2ccccc2)S1. The summed E-state index contributed by atoms with van der Waals surface area (Å²) >= 11 is 1.71. The molecule has 0 saturated heterocycles. The number of quaternary nitrogens is 1. The summed E-state index contributed by atoms with van der Waals surface area (Å²) in [4.78, 5) is 11.5. The first-order valence-corrected chi connectivity index (χ1v) is 7.28. The molecule has 0 fully saturated rings. The summed E-state index contributed by atoms with van der Waals surface area (Å²) in [6.45, 7) is 6.40. The monoisotopic (exact) mass is 278 g/mol. The maximum absolute atomic E-state index is 11.5. The Kier molecular flexibility index (Phi) is 3.96. The molecule has 1 heterocycles. The van der Waals surface area contributed by atoms with Crippen molar-refractivity contribution in [3.05, 3.63) is 35.9 Å². The van der Waals surface area contributed by atoms with E-state index < -0.39 is 0 Å². The third-order valence-corrected chi connectivity index (χ3v) is 4.69. The molecule has 1 aromatic carbocycles. The number of amides is 1. The highest BCUT2D eigenvalue weighted by molar-refractivity contribution is 8.14. The van der Waals surface area contributed by atoms with Gasteiger partial charge in [-0.1, -0.05) is 35.4 Å². The average molecular weight is 278 g/mol. The summed E-state index contributed by atoms with van der Waals surface area (Å²) in [7, 11) is 0. The Morgan fingerprint density at radius 1 is 1.42 bits per heavy atom. The Hall–Kier alpha value is -1.33. The van der Waals surface area contributed by atoms with Crippen LogP contribution < -0.4 is 5.73 Å². The lowest BCUT2D eigenvalue weighted by molar-refractivity contribution is -0.959. The number of hydrogen-bond acceptors (Lipinski definition) is 3. The smallest absolute Gasteiger partial charge is 0.275 e. The van der Waals surface area contributed by atoms with Crippen LogP contribution in [0, 0.1) is 0 Å². The predicted octanol–water partition coefficient (Wildman–Crippen LogP) is 2.48. The predicted molar refractivity (Wildman–Crippen MR) is 79.3 cm³/mol. The largest absolute Gasteiger partial charge is 0.365 e. The lowest BCUT2D eigenvalue weighted by Crippen LogP contribution is -2.52. The van der Waals surface area contributed by atoms with E-state index in [1.807, 2.05) is 25.1 Å². The Morgan fingerprint density at radius 2 is 2.05 bits per heavy atom. The molecule has 0 saturated carbocycles. The number of rotatable bonds is 4. The zero-order valence-corrected chi connectivity index (χ0v) is 12.4. The van der Waals surface area contributed by atoms with Gasteiger partial charge in [0.1, 0.15) is 11.1 Å². The van der Waals surface area contributed by atoms with Gasteiger partial charge in [0.15, 0.2) is 11.9 Å². The van der Waals surface area contributed by atoms with Gasteiger partial charge >= 0.3 is 0 Å². The number of primary amides is 1. The maximum atomic E-state index is 11.5. The van der Waals surface area contributed by atoms with Crippen molar-refractivity contribution in [2.24, 2.45) is 10.8 Å². The molecular formula is C14H20N3OS+. The van der Waals surface area contributed by atoms with E-state index in [-0.39, 0.29) is 23.9 Å². The van der Waals surface area contributed by atoms with Crippen molar-refractivity contribution in [3.8, 4) is 0 Å². The topological polar surface area (TPSA) is 55.4 Å². The number of hydrogen-bond donors (Lipinski definition) is 1. The van der Waals surface area contributed by atoms with Crippen molar-refractivity contribution in [1.29, 1.82) is 0 Å². The van der Waals surface area contributed by atoms with Gasteiger partial charge in [-0.3, -0.25) is 4.79 Å². The number of nitrogens with two attached hydrogens (primary N) is 1. The zero-order valence-electron chi connectivity index (χ0n) is 11.5. The molecule has 19 heavy (non-hydrogen) atoms. The minimum absolute atomic E-state index is 0.105. The second-order valence-electron chi connectivity index (χ2n) is 5.10. The van der Waals surface area contributed by atoms with Crippen molar-refractivity contribution >= 4 is 22.7 Å². The molecule has 1 amide bonds. The third-order valence-electron chi connectivity index (χ3n) is 3.40. The molecule has 0 spiro atoms. The second kappa shape index (κ2) is 5.35. The first-order chi connectivity index (χ1) is 8.95. The Labute approximate surface area is 118 Å². The van der Waals surface area contributed by atoms with Crippen molar-refractivity contribution in [2.75, 3.05) is 6.54 Å².